The zero-order valence-corrected chi connectivity index (χ0v) is 15.8. The fourth-order valence-corrected chi connectivity index (χ4v) is 2.93. The van der Waals surface area contributed by atoms with Crippen molar-refractivity contribution in [3.05, 3.63) is 35.4 Å². The van der Waals surface area contributed by atoms with Gasteiger partial charge in [0, 0.05) is 25.9 Å². The molecule has 1 aromatic carbocycles. The average molecular weight is 361 g/mol. The number of likely N-dealkylation sites (N-methyl/N-ethyl adjacent to an activating group) is 1. The molecule has 0 radical (unpaired) electrons. The predicted octanol–water partition coefficient (Wildman–Crippen LogP) is 1.47. The van der Waals surface area contributed by atoms with Gasteiger partial charge in [0.05, 0.1) is 1.37 Å². The number of hydrogen-bond donors (Lipinski definition) is 2. The number of benzene rings is 1. The van der Waals surface area contributed by atoms with Gasteiger partial charge >= 0.3 is 0 Å². The Hall–Kier alpha value is -2.21. The summed E-state index contributed by atoms with van der Waals surface area (Å²) >= 11 is 0. The molecule has 2 rings (SSSR count). The van der Waals surface area contributed by atoms with Gasteiger partial charge in [-0.25, -0.2) is 0 Å². The van der Waals surface area contributed by atoms with Gasteiger partial charge in [0.2, 0.25) is 11.8 Å². The maximum atomic E-state index is 12.8. The van der Waals surface area contributed by atoms with Crippen LogP contribution in [0.4, 0.5) is 0 Å². The van der Waals surface area contributed by atoms with Crippen molar-refractivity contribution in [1.82, 2.24) is 10.2 Å². The van der Waals surface area contributed by atoms with E-state index in [-0.39, 0.29) is 12.3 Å². The van der Waals surface area contributed by atoms with Crippen molar-refractivity contribution in [3.63, 3.8) is 0 Å². The molecule has 26 heavy (non-hydrogen) atoms. The van der Waals surface area contributed by atoms with E-state index >= 15 is 0 Å². The Bertz CT molecular complexity index is 736. The predicted molar refractivity (Wildman–Crippen MR) is 98.3 cm³/mol. The highest BCUT2D eigenvalue weighted by molar-refractivity contribution is 5.92. The molecule has 2 amide bonds. The maximum Gasteiger partial charge on any atom is 0.249 e. The lowest BCUT2D eigenvalue weighted by Crippen LogP contribution is -2.43. The quantitative estimate of drug-likeness (QED) is 0.803. The highest BCUT2D eigenvalue weighted by Gasteiger charge is 2.32. The number of rotatable bonds is 6. The molecule has 1 aliphatic rings. The summed E-state index contributed by atoms with van der Waals surface area (Å²) in [5, 5.41) is 12.4. The summed E-state index contributed by atoms with van der Waals surface area (Å²) in [4.78, 5) is 39.0. The molecule has 0 bridgehead atoms. The molecule has 1 aromatic rings. The Labute approximate surface area is 156 Å². The van der Waals surface area contributed by atoms with Crippen LogP contribution in [0.5, 0.6) is 0 Å². The van der Waals surface area contributed by atoms with Gasteiger partial charge in [-0.15, -0.1) is 0 Å². The monoisotopic (exact) mass is 361 g/mol. The first kappa shape index (κ1) is 18.6. The van der Waals surface area contributed by atoms with Gasteiger partial charge in [0.25, 0.3) is 0 Å². The van der Waals surface area contributed by atoms with Crippen molar-refractivity contribution in [2.45, 2.75) is 45.7 Å². The molecule has 2 N–H and O–H groups in total. The van der Waals surface area contributed by atoms with Crippen molar-refractivity contribution in [2.24, 2.45) is 11.8 Å². The minimum atomic E-state index is -1.94. The van der Waals surface area contributed by atoms with Crippen LogP contribution in [-0.2, 0) is 20.8 Å². The van der Waals surface area contributed by atoms with Crippen LogP contribution in [-0.4, -0.2) is 47.3 Å². The third-order valence-corrected chi connectivity index (χ3v) is 4.73. The molecular formula is C20H28N2O4. The minimum absolute atomic E-state index is 0.146. The fraction of sp³-hybridized carbons (Fsp3) is 0.550. The Morgan fingerprint density at radius 1 is 1.35 bits per heavy atom. The molecule has 6 heteroatoms. The SMILES string of the molecule is [2H][C@@]1(NC(=O)[C@H](C)CC(=O)[C@@H](O)C(C)C)C(=O)N(C)CCc2ccccc21. The molecule has 0 aliphatic carbocycles. The molecule has 0 fully saturated rings. The number of amides is 2. The number of aliphatic hydroxyl groups excluding tert-OH is 1. The van der Waals surface area contributed by atoms with E-state index in [1.807, 2.05) is 12.1 Å². The number of nitrogens with one attached hydrogen (secondary N) is 1. The molecular weight excluding hydrogens is 332 g/mol. The standard InChI is InChI=1S/C20H28N2O4/c1-12(2)18(24)16(23)11-13(3)19(25)21-17-15-8-6-5-7-14(15)9-10-22(4)20(17)26/h5-8,12-13,17-18,24H,9-11H2,1-4H3,(H,21,25)/t13-,17+,18+/m1/s1/i17D. The molecule has 1 heterocycles. The van der Waals surface area contributed by atoms with Crippen LogP contribution in [0, 0.1) is 11.8 Å². The van der Waals surface area contributed by atoms with Gasteiger partial charge < -0.3 is 15.3 Å². The largest absolute Gasteiger partial charge is 0.385 e. The first-order valence-corrected chi connectivity index (χ1v) is 8.94. The summed E-state index contributed by atoms with van der Waals surface area (Å²) in [6, 6.07) is 5.17. The Kier molecular flexibility index (Phi) is 6.04. The number of fused-ring (bicyclic) bond motifs is 1. The fourth-order valence-electron chi connectivity index (χ4n) is 2.93. The molecule has 0 aromatic heterocycles. The van der Waals surface area contributed by atoms with Crippen molar-refractivity contribution >= 4 is 17.6 Å². The van der Waals surface area contributed by atoms with Crippen LogP contribution >= 0.6 is 0 Å². The summed E-state index contributed by atoms with van der Waals surface area (Å²) < 4.78 is 8.78. The van der Waals surface area contributed by atoms with Crippen molar-refractivity contribution in [3.8, 4) is 0 Å². The number of carbonyl (C=O) groups excluding carboxylic acids is 3. The van der Waals surface area contributed by atoms with Gasteiger partial charge in [0.1, 0.15) is 12.1 Å². The molecule has 0 spiro atoms. The number of Topliss-reactive ketones (excluding diaryl/α,β-unsaturated/α-hetero) is 1. The van der Waals surface area contributed by atoms with Crippen LogP contribution in [0.2, 0.25) is 0 Å². The summed E-state index contributed by atoms with van der Waals surface area (Å²) in [6.45, 7) is 5.47. The number of ketones is 1. The molecule has 0 saturated carbocycles. The van der Waals surface area contributed by atoms with Gasteiger partial charge in [-0.2, -0.15) is 0 Å². The smallest absolute Gasteiger partial charge is 0.249 e. The summed E-state index contributed by atoms with van der Waals surface area (Å²) in [7, 11) is 1.61. The molecule has 0 unspecified atom stereocenters. The van der Waals surface area contributed by atoms with E-state index in [2.05, 4.69) is 5.32 Å². The molecule has 3 atom stereocenters. The minimum Gasteiger partial charge on any atom is -0.385 e. The van der Waals surface area contributed by atoms with E-state index in [0.717, 1.165) is 5.56 Å². The summed E-state index contributed by atoms with van der Waals surface area (Å²) in [6.07, 6.45) is -0.673. The van der Waals surface area contributed by atoms with Crippen LogP contribution in [0.15, 0.2) is 24.3 Å². The van der Waals surface area contributed by atoms with E-state index in [1.165, 1.54) is 4.90 Å². The molecule has 6 nitrogen and oxygen atoms in total. The molecule has 0 saturated heterocycles. The first-order chi connectivity index (χ1) is 12.6. The second-order valence-corrected chi connectivity index (χ2v) is 7.26. The number of nitrogens with zero attached hydrogens (tertiary/aromatic N) is 1. The average Bonchev–Trinajstić information content (AvgIpc) is 2.72. The molecule has 142 valence electrons. The van der Waals surface area contributed by atoms with E-state index in [1.54, 1.807) is 40.0 Å². The normalized spacial score (nSPS) is 22.9. The zero-order valence-electron chi connectivity index (χ0n) is 16.8. The first-order valence-electron chi connectivity index (χ1n) is 9.44. The van der Waals surface area contributed by atoms with Crippen molar-refractivity contribution in [1.29, 1.82) is 0 Å². The van der Waals surface area contributed by atoms with Crippen molar-refractivity contribution in [2.75, 3.05) is 13.6 Å². The topological polar surface area (TPSA) is 86.7 Å². The number of hydrogen-bond acceptors (Lipinski definition) is 4. The van der Waals surface area contributed by atoms with E-state index in [4.69, 9.17) is 1.37 Å². The van der Waals surface area contributed by atoms with Crippen LogP contribution < -0.4 is 5.32 Å². The lowest BCUT2D eigenvalue weighted by Gasteiger charge is -2.24. The van der Waals surface area contributed by atoms with Gasteiger partial charge in [-0.05, 0) is 23.5 Å². The number of aliphatic hydroxyl groups is 1. The zero-order chi connectivity index (χ0) is 20.4. The summed E-state index contributed by atoms with van der Waals surface area (Å²) in [5.74, 6) is -2.49. The van der Waals surface area contributed by atoms with Crippen molar-refractivity contribution < 1.29 is 20.9 Å². The lowest BCUT2D eigenvalue weighted by atomic mass is 9.94. The third kappa shape index (κ3) is 4.49. The van der Waals surface area contributed by atoms with Crippen LogP contribution in [0.1, 0.15) is 45.7 Å². The third-order valence-electron chi connectivity index (χ3n) is 4.73. The molecule has 1 aliphatic heterocycles. The lowest BCUT2D eigenvalue weighted by molar-refractivity contribution is -0.137. The van der Waals surface area contributed by atoms with Gasteiger partial charge in [-0.3, -0.25) is 14.4 Å². The van der Waals surface area contributed by atoms with E-state index in [9.17, 15) is 19.5 Å². The summed E-state index contributed by atoms with van der Waals surface area (Å²) in [5.41, 5.74) is 1.29. The Morgan fingerprint density at radius 3 is 2.65 bits per heavy atom. The number of carbonyl (C=O) groups is 3. The second-order valence-electron chi connectivity index (χ2n) is 7.26. The van der Waals surface area contributed by atoms with Crippen LogP contribution in [0.3, 0.4) is 0 Å². The van der Waals surface area contributed by atoms with Crippen LogP contribution in [0.25, 0.3) is 0 Å². The van der Waals surface area contributed by atoms with Gasteiger partial charge in [-0.1, -0.05) is 45.0 Å². The van der Waals surface area contributed by atoms with E-state index < -0.39 is 35.6 Å². The highest BCUT2D eigenvalue weighted by atomic mass is 16.3. The Morgan fingerprint density at radius 2 is 2.00 bits per heavy atom. The maximum absolute atomic E-state index is 12.8. The highest BCUT2D eigenvalue weighted by Crippen LogP contribution is 2.25. The van der Waals surface area contributed by atoms with E-state index in [0.29, 0.717) is 18.5 Å². The Balaban J connectivity index is 2.24. The van der Waals surface area contributed by atoms with Gasteiger partial charge in [0.15, 0.2) is 5.78 Å². The second kappa shape index (κ2) is 8.45.